The molecule has 0 aliphatic heterocycles. The van der Waals surface area contributed by atoms with Crippen LogP contribution in [0.2, 0.25) is 0 Å². The van der Waals surface area contributed by atoms with E-state index >= 15 is 0 Å². The highest BCUT2D eigenvalue weighted by Gasteiger charge is 2.07. The highest BCUT2D eigenvalue weighted by atomic mass is 16.5. The first-order valence-corrected chi connectivity index (χ1v) is 5.31. The zero-order valence-corrected chi connectivity index (χ0v) is 10.1. The molecular formula is C13H14N2O2. The molecule has 4 nitrogen and oxygen atoms in total. The lowest BCUT2D eigenvalue weighted by atomic mass is 10.2. The Labute approximate surface area is 99.5 Å². The molecule has 0 unspecified atom stereocenters. The van der Waals surface area contributed by atoms with E-state index in [2.05, 4.69) is 5.10 Å². The first-order chi connectivity index (χ1) is 8.11. The summed E-state index contributed by atoms with van der Waals surface area (Å²) in [5, 5.41) is 5.36. The van der Waals surface area contributed by atoms with Crippen molar-refractivity contribution in [2.24, 2.45) is 7.05 Å². The van der Waals surface area contributed by atoms with Crippen molar-refractivity contribution >= 4 is 22.8 Å². The van der Waals surface area contributed by atoms with E-state index in [-0.39, 0.29) is 5.78 Å². The smallest absolute Gasteiger partial charge is 0.152 e. The summed E-state index contributed by atoms with van der Waals surface area (Å²) >= 11 is 0. The number of carbonyl (C=O) groups excluding carboxylic acids is 1. The lowest BCUT2D eigenvalue weighted by Crippen LogP contribution is -1.90. The number of aromatic nitrogens is 2. The van der Waals surface area contributed by atoms with Gasteiger partial charge in [-0.1, -0.05) is 0 Å². The van der Waals surface area contributed by atoms with Crippen LogP contribution in [-0.4, -0.2) is 22.7 Å². The van der Waals surface area contributed by atoms with Crippen molar-refractivity contribution < 1.29 is 9.53 Å². The third-order valence-corrected chi connectivity index (χ3v) is 2.56. The van der Waals surface area contributed by atoms with Crippen LogP contribution in [-0.2, 0) is 11.8 Å². The number of fused-ring (bicyclic) bond motifs is 1. The summed E-state index contributed by atoms with van der Waals surface area (Å²) in [7, 11) is 3.50. The van der Waals surface area contributed by atoms with Crippen molar-refractivity contribution in [3.8, 4) is 5.75 Å². The predicted molar refractivity (Wildman–Crippen MR) is 67.0 cm³/mol. The largest absolute Gasteiger partial charge is 0.497 e. The Morgan fingerprint density at radius 3 is 2.88 bits per heavy atom. The fraction of sp³-hybridized carbons (Fsp3) is 0.231. The van der Waals surface area contributed by atoms with Crippen LogP contribution in [0.1, 0.15) is 12.6 Å². The number of carbonyl (C=O) groups is 1. The van der Waals surface area contributed by atoms with Crippen LogP contribution in [0.4, 0.5) is 0 Å². The highest BCUT2D eigenvalue weighted by molar-refractivity contribution is 5.95. The first kappa shape index (κ1) is 11.4. The van der Waals surface area contributed by atoms with Crippen molar-refractivity contribution in [1.82, 2.24) is 9.78 Å². The average Bonchev–Trinajstić information content (AvgIpc) is 2.63. The Hall–Kier alpha value is -2.10. The van der Waals surface area contributed by atoms with Crippen LogP contribution in [0.3, 0.4) is 0 Å². The van der Waals surface area contributed by atoms with Crippen LogP contribution >= 0.6 is 0 Å². The van der Waals surface area contributed by atoms with Gasteiger partial charge in [0.05, 0.1) is 18.3 Å². The van der Waals surface area contributed by atoms with Crippen molar-refractivity contribution in [2.75, 3.05) is 7.11 Å². The maximum Gasteiger partial charge on any atom is 0.152 e. The number of methoxy groups -OCH3 is 1. The Morgan fingerprint density at radius 1 is 1.47 bits per heavy atom. The molecule has 0 N–H and O–H groups in total. The number of nitrogens with zero attached hydrogens (tertiary/aromatic N) is 2. The van der Waals surface area contributed by atoms with E-state index in [0.717, 1.165) is 22.3 Å². The molecule has 0 aliphatic carbocycles. The van der Waals surface area contributed by atoms with E-state index in [9.17, 15) is 4.79 Å². The zero-order chi connectivity index (χ0) is 12.4. The molecule has 0 bridgehead atoms. The Morgan fingerprint density at radius 2 is 2.24 bits per heavy atom. The second-order valence-corrected chi connectivity index (χ2v) is 3.84. The van der Waals surface area contributed by atoms with Crippen LogP contribution in [0.5, 0.6) is 5.75 Å². The lowest BCUT2D eigenvalue weighted by Gasteiger charge is -1.99. The standard InChI is InChI=1S/C13H14N2O2/c1-9(16)4-7-12-11-6-5-10(17-3)8-13(11)15(2)14-12/h4-8H,1-3H3/b7-4+. The molecule has 0 radical (unpaired) electrons. The predicted octanol–water partition coefficient (Wildman–Crippen LogP) is 2.18. The summed E-state index contributed by atoms with van der Waals surface area (Å²) in [6.45, 7) is 1.52. The monoisotopic (exact) mass is 230 g/mol. The van der Waals surface area contributed by atoms with E-state index in [1.807, 2.05) is 25.2 Å². The molecular weight excluding hydrogens is 216 g/mol. The molecule has 1 heterocycles. The number of benzene rings is 1. The van der Waals surface area contributed by atoms with Crippen LogP contribution < -0.4 is 4.74 Å². The number of ether oxygens (including phenoxy) is 1. The molecule has 0 spiro atoms. The minimum Gasteiger partial charge on any atom is -0.497 e. The zero-order valence-electron chi connectivity index (χ0n) is 10.1. The van der Waals surface area contributed by atoms with Crippen molar-refractivity contribution in [2.45, 2.75) is 6.92 Å². The molecule has 17 heavy (non-hydrogen) atoms. The SMILES string of the molecule is COc1ccc2c(/C=C/C(C)=O)nn(C)c2c1. The highest BCUT2D eigenvalue weighted by Crippen LogP contribution is 2.23. The quantitative estimate of drug-likeness (QED) is 0.759. The van der Waals surface area contributed by atoms with Crippen molar-refractivity contribution in [3.05, 3.63) is 30.0 Å². The molecule has 0 aliphatic rings. The summed E-state index contributed by atoms with van der Waals surface area (Å²) in [5.74, 6) is 0.805. The minimum atomic E-state index is 0.0114. The number of rotatable bonds is 3. The minimum absolute atomic E-state index is 0.0114. The van der Waals surface area contributed by atoms with E-state index < -0.39 is 0 Å². The van der Waals surface area contributed by atoms with Gasteiger partial charge in [-0.05, 0) is 31.2 Å². The summed E-state index contributed by atoms with van der Waals surface area (Å²) < 4.78 is 6.95. The second-order valence-electron chi connectivity index (χ2n) is 3.84. The Bertz CT molecular complexity index is 597. The lowest BCUT2D eigenvalue weighted by molar-refractivity contribution is -0.112. The molecule has 1 aromatic heterocycles. The maximum atomic E-state index is 10.9. The van der Waals surface area contributed by atoms with Gasteiger partial charge in [-0.15, -0.1) is 0 Å². The van der Waals surface area contributed by atoms with Crippen LogP contribution in [0.25, 0.3) is 17.0 Å². The summed E-state index contributed by atoms with van der Waals surface area (Å²) in [5.41, 5.74) is 1.77. The van der Waals surface area contributed by atoms with E-state index in [1.165, 1.54) is 13.0 Å². The van der Waals surface area contributed by atoms with Gasteiger partial charge in [-0.2, -0.15) is 5.10 Å². The van der Waals surface area contributed by atoms with Crippen molar-refractivity contribution in [3.63, 3.8) is 0 Å². The molecule has 0 fully saturated rings. The molecule has 2 aromatic rings. The van der Waals surface area contributed by atoms with Crippen LogP contribution in [0, 0.1) is 0 Å². The third-order valence-electron chi connectivity index (χ3n) is 2.56. The van der Waals surface area contributed by atoms with Gasteiger partial charge < -0.3 is 4.74 Å². The molecule has 0 saturated carbocycles. The fourth-order valence-electron chi connectivity index (χ4n) is 1.71. The molecule has 4 heteroatoms. The number of hydrogen-bond acceptors (Lipinski definition) is 3. The van der Waals surface area contributed by atoms with E-state index in [0.29, 0.717) is 0 Å². The summed E-state index contributed by atoms with van der Waals surface area (Å²) in [6.07, 6.45) is 3.25. The van der Waals surface area contributed by atoms with E-state index in [1.54, 1.807) is 17.9 Å². The maximum absolute atomic E-state index is 10.9. The Balaban J connectivity index is 2.56. The fourth-order valence-corrected chi connectivity index (χ4v) is 1.71. The molecule has 1 aromatic carbocycles. The molecule has 0 atom stereocenters. The first-order valence-electron chi connectivity index (χ1n) is 5.31. The topological polar surface area (TPSA) is 44.1 Å². The van der Waals surface area contributed by atoms with Gasteiger partial charge in [-0.25, -0.2) is 0 Å². The molecule has 88 valence electrons. The van der Waals surface area contributed by atoms with Crippen molar-refractivity contribution in [1.29, 1.82) is 0 Å². The Kier molecular flexibility index (Phi) is 2.95. The van der Waals surface area contributed by atoms with Gasteiger partial charge in [-0.3, -0.25) is 9.48 Å². The van der Waals surface area contributed by atoms with Crippen LogP contribution in [0.15, 0.2) is 24.3 Å². The van der Waals surface area contributed by atoms with Gasteiger partial charge in [0.15, 0.2) is 5.78 Å². The third kappa shape index (κ3) is 2.20. The number of aryl methyl sites for hydroxylation is 1. The summed E-state index contributed by atoms with van der Waals surface area (Å²) in [4.78, 5) is 10.9. The number of ketones is 1. The molecule has 0 amide bonds. The molecule has 0 saturated heterocycles. The van der Waals surface area contributed by atoms with E-state index in [4.69, 9.17) is 4.74 Å². The van der Waals surface area contributed by atoms with Gasteiger partial charge >= 0.3 is 0 Å². The van der Waals surface area contributed by atoms with Gasteiger partial charge in [0.2, 0.25) is 0 Å². The normalized spacial score (nSPS) is 11.2. The number of allylic oxidation sites excluding steroid dienone is 1. The number of hydrogen-bond donors (Lipinski definition) is 0. The van der Waals surface area contributed by atoms with Gasteiger partial charge in [0.1, 0.15) is 5.75 Å². The molecule has 2 rings (SSSR count). The van der Waals surface area contributed by atoms with Gasteiger partial charge in [0, 0.05) is 18.5 Å². The van der Waals surface area contributed by atoms with Gasteiger partial charge in [0.25, 0.3) is 0 Å². The average molecular weight is 230 g/mol. The summed E-state index contributed by atoms with van der Waals surface area (Å²) in [6, 6.07) is 5.75. The second kappa shape index (κ2) is 4.41.